The first-order chi connectivity index (χ1) is 1.91. The fourth-order valence-electron chi connectivity index (χ4n) is 0. The number of hydrogen-bond acceptors (Lipinski definition) is 0. The molecular weight excluding hydrogens is 312 g/mol. The van der Waals surface area contributed by atoms with E-state index in [9.17, 15) is 0 Å². The molecule has 1 radical (unpaired) electrons. The van der Waals surface area contributed by atoms with Crippen molar-refractivity contribution in [3.05, 3.63) is 20.6 Å². The average Bonchev–Trinajstić information content (AvgIpc) is 1.37. The van der Waals surface area contributed by atoms with E-state index in [0.717, 1.165) is 6.42 Å². The van der Waals surface area contributed by atoms with Crippen molar-refractivity contribution in [2.45, 2.75) is 13.3 Å². The van der Waals surface area contributed by atoms with E-state index in [1.54, 1.807) is 0 Å². The molecule has 0 aliphatic carbocycles. The number of rotatable bonds is 1. The van der Waals surface area contributed by atoms with Gasteiger partial charge in [-0.25, -0.2) is 0 Å². The van der Waals surface area contributed by atoms with Crippen molar-refractivity contribution in [2.75, 3.05) is 6.54 Å². The monoisotopic (exact) mass is 326 g/mol. The Bertz CT molecular complexity index is 10.0. The van der Waals surface area contributed by atoms with Gasteiger partial charge >= 0.3 is 31.1 Å². The summed E-state index contributed by atoms with van der Waals surface area (Å²) in [7, 11) is 0. The summed E-state index contributed by atoms with van der Waals surface area (Å²) < 4.78 is 0. The second-order valence-electron chi connectivity index (χ2n) is 0.750. The van der Waals surface area contributed by atoms with Crippen molar-refractivity contribution >= 4 is 0 Å². The smallest absolute Gasteiger partial charge is 0.677 e. The van der Waals surface area contributed by atoms with Gasteiger partial charge < -0.3 is 20.6 Å². The van der Waals surface area contributed by atoms with E-state index in [0.29, 0.717) is 6.54 Å². The Morgan fingerprint density at radius 2 is 1.43 bits per heavy atom. The molecule has 43 valence electrons. The fourth-order valence-corrected chi connectivity index (χ4v) is 0. The van der Waals surface area contributed by atoms with Gasteiger partial charge in [0.1, 0.15) is 0 Å². The van der Waals surface area contributed by atoms with Crippen LogP contribution in [0.3, 0.4) is 0 Å². The SMILES string of the molecule is CCC[NH-].[CH3-].[CH3-].[U+3]. The molecule has 7 heavy (non-hydrogen) atoms. The van der Waals surface area contributed by atoms with E-state index in [4.69, 9.17) is 5.73 Å². The van der Waals surface area contributed by atoms with Crippen LogP contribution in [-0.4, -0.2) is 6.54 Å². The minimum atomic E-state index is 0. The summed E-state index contributed by atoms with van der Waals surface area (Å²) in [6.45, 7) is 2.56. The largest absolute Gasteiger partial charge is 3.00 e. The van der Waals surface area contributed by atoms with Crippen LogP contribution in [0.15, 0.2) is 0 Å². The van der Waals surface area contributed by atoms with E-state index in [1.807, 2.05) is 6.92 Å². The molecule has 0 aromatic heterocycles. The Kier molecular flexibility index (Phi) is 97.7. The fraction of sp³-hybridized carbons (Fsp3) is 0.600. The van der Waals surface area contributed by atoms with Gasteiger partial charge in [0, 0.05) is 0 Å². The standard InChI is InChI=1S/C3H8N.2CH3.U/c1-2-3-4;;;/h4H,2-3H2,1H3;2*1H3;/q3*-1;+3. The van der Waals surface area contributed by atoms with Gasteiger partial charge in [-0.1, -0.05) is 13.3 Å². The molecule has 0 rings (SSSR count). The zero-order valence-corrected chi connectivity index (χ0v) is 9.58. The summed E-state index contributed by atoms with van der Waals surface area (Å²) in [5.74, 6) is 0. The van der Waals surface area contributed by atoms with Crippen LogP contribution in [0, 0.1) is 46.0 Å². The second-order valence-corrected chi connectivity index (χ2v) is 0.750. The maximum atomic E-state index is 6.45. The third-order valence-electron chi connectivity index (χ3n) is 0.250. The van der Waals surface area contributed by atoms with Crippen LogP contribution in [0.4, 0.5) is 0 Å². The normalized spacial score (nSPS) is 4.29. The van der Waals surface area contributed by atoms with Crippen LogP contribution in [0.2, 0.25) is 0 Å². The zero-order valence-electron chi connectivity index (χ0n) is 5.41. The zero-order chi connectivity index (χ0) is 3.41. The molecule has 0 saturated heterocycles. The summed E-state index contributed by atoms with van der Waals surface area (Å²) in [6, 6.07) is 0. The predicted octanol–water partition coefficient (Wildman–Crippen LogP) is 2.35. The summed E-state index contributed by atoms with van der Waals surface area (Å²) >= 11 is 0. The Labute approximate surface area is 71.4 Å². The summed E-state index contributed by atoms with van der Waals surface area (Å²) in [6.07, 6.45) is 0.986. The molecule has 1 nitrogen and oxygen atoms in total. The first-order valence-corrected chi connectivity index (χ1v) is 1.56. The van der Waals surface area contributed by atoms with Gasteiger partial charge in [-0.2, -0.15) is 6.54 Å². The van der Waals surface area contributed by atoms with E-state index >= 15 is 0 Å². The maximum Gasteiger partial charge on any atom is 3.00 e. The molecule has 0 heterocycles. The molecule has 1 N–H and O–H groups in total. The molecule has 0 unspecified atom stereocenters. The van der Waals surface area contributed by atoms with Gasteiger partial charge in [0.15, 0.2) is 0 Å². The molecule has 0 saturated carbocycles. The second kappa shape index (κ2) is 27.9. The molecule has 0 aliphatic rings. The number of nitrogens with one attached hydrogen (secondary N) is 1. The quantitative estimate of drug-likeness (QED) is 0.661. The molecular formula is C5H14NU. The molecule has 0 aliphatic heterocycles. The molecule has 0 aromatic carbocycles. The first kappa shape index (κ1) is 24.5. The Morgan fingerprint density at radius 1 is 1.29 bits per heavy atom. The average molecular weight is 326 g/mol. The van der Waals surface area contributed by atoms with Crippen molar-refractivity contribution in [2.24, 2.45) is 0 Å². The summed E-state index contributed by atoms with van der Waals surface area (Å²) in [5.41, 5.74) is 6.45. The first-order valence-electron chi connectivity index (χ1n) is 1.56. The predicted molar refractivity (Wildman–Crippen MR) is 32.3 cm³/mol. The maximum absolute atomic E-state index is 6.45. The van der Waals surface area contributed by atoms with Gasteiger partial charge in [0.25, 0.3) is 0 Å². The third kappa shape index (κ3) is 43.5. The number of hydrogen-bond donors (Lipinski definition) is 0. The summed E-state index contributed by atoms with van der Waals surface area (Å²) in [4.78, 5) is 0. The van der Waals surface area contributed by atoms with Gasteiger partial charge in [-0.15, -0.1) is 0 Å². The van der Waals surface area contributed by atoms with Gasteiger partial charge in [0.05, 0.1) is 0 Å². The molecule has 0 atom stereocenters. The van der Waals surface area contributed by atoms with E-state index < -0.39 is 0 Å². The van der Waals surface area contributed by atoms with E-state index in [-0.39, 0.29) is 46.0 Å². The minimum Gasteiger partial charge on any atom is -0.677 e. The Hall–Kier alpha value is 1.01. The molecule has 0 spiro atoms. The van der Waals surface area contributed by atoms with Crippen LogP contribution in [0.5, 0.6) is 0 Å². The van der Waals surface area contributed by atoms with Gasteiger partial charge in [-0.3, -0.25) is 0 Å². The molecule has 0 bridgehead atoms. The molecule has 2 heteroatoms. The Morgan fingerprint density at radius 3 is 1.43 bits per heavy atom. The molecule has 0 fully saturated rings. The Balaban J connectivity index is -0.0000000150. The van der Waals surface area contributed by atoms with Crippen LogP contribution < -0.4 is 0 Å². The van der Waals surface area contributed by atoms with E-state index in [2.05, 4.69) is 0 Å². The van der Waals surface area contributed by atoms with Gasteiger partial charge in [-0.05, 0) is 0 Å². The molecule has 0 amide bonds. The molecule has 0 aromatic rings. The van der Waals surface area contributed by atoms with Crippen molar-refractivity contribution < 1.29 is 31.1 Å². The minimum absolute atomic E-state index is 0. The van der Waals surface area contributed by atoms with Crippen LogP contribution >= 0.6 is 0 Å². The van der Waals surface area contributed by atoms with Crippen molar-refractivity contribution in [1.82, 2.24) is 0 Å². The van der Waals surface area contributed by atoms with E-state index in [1.165, 1.54) is 0 Å². The van der Waals surface area contributed by atoms with Crippen LogP contribution in [0.1, 0.15) is 13.3 Å². The topological polar surface area (TPSA) is 23.8 Å². The van der Waals surface area contributed by atoms with Crippen molar-refractivity contribution in [3.63, 3.8) is 0 Å². The summed E-state index contributed by atoms with van der Waals surface area (Å²) in [5, 5.41) is 0. The van der Waals surface area contributed by atoms with Gasteiger partial charge in [0.2, 0.25) is 0 Å². The van der Waals surface area contributed by atoms with Crippen LogP contribution in [0.25, 0.3) is 5.73 Å². The third-order valence-corrected chi connectivity index (χ3v) is 0.250. The van der Waals surface area contributed by atoms with Crippen LogP contribution in [-0.2, 0) is 0 Å². The van der Waals surface area contributed by atoms with Crippen molar-refractivity contribution in [3.8, 4) is 0 Å². The van der Waals surface area contributed by atoms with Crippen molar-refractivity contribution in [1.29, 1.82) is 0 Å².